The van der Waals surface area contributed by atoms with Gasteiger partial charge in [-0.15, -0.1) is 0 Å². The van der Waals surface area contributed by atoms with Crippen molar-refractivity contribution in [2.75, 3.05) is 7.11 Å². The zero-order valence-electron chi connectivity index (χ0n) is 9.25. The molecule has 1 heterocycles. The summed E-state index contributed by atoms with van der Waals surface area (Å²) in [5.74, 6) is 0.141. The summed E-state index contributed by atoms with van der Waals surface area (Å²) in [6.45, 7) is 0. The maximum atomic E-state index is 11.2. The summed E-state index contributed by atoms with van der Waals surface area (Å²) in [5, 5.41) is 0. The summed E-state index contributed by atoms with van der Waals surface area (Å²) in [6.07, 6.45) is 2.96. The van der Waals surface area contributed by atoms with E-state index >= 15 is 0 Å². The van der Waals surface area contributed by atoms with Crippen LogP contribution in [0.1, 0.15) is 10.5 Å². The molecule has 0 fully saturated rings. The van der Waals surface area contributed by atoms with Gasteiger partial charge >= 0.3 is 0 Å². The van der Waals surface area contributed by atoms with Crippen LogP contribution < -0.4 is 10.5 Å². The number of carbonyl (C=O) groups excluding carboxylic acids is 1. The first-order valence-electron chi connectivity index (χ1n) is 4.97. The third kappa shape index (κ3) is 2.23. The Balaban J connectivity index is 2.48. The minimum absolute atomic E-state index is 0.165. The topological polar surface area (TPSA) is 78.1 Å². The second-order valence-corrected chi connectivity index (χ2v) is 3.35. The Morgan fingerprint density at radius 3 is 2.41 bits per heavy atom. The average Bonchev–Trinajstić information content (AvgIpc) is 2.39. The number of carbonyl (C=O) groups is 1. The minimum atomic E-state index is -0.594. The van der Waals surface area contributed by atoms with E-state index in [0.29, 0.717) is 5.69 Å². The van der Waals surface area contributed by atoms with E-state index in [2.05, 4.69) is 9.97 Å². The van der Waals surface area contributed by atoms with Crippen LogP contribution in [0.4, 0.5) is 0 Å². The van der Waals surface area contributed by atoms with Gasteiger partial charge in [0.1, 0.15) is 11.4 Å². The zero-order valence-corrected chi connectivity index (χ0v) is 9.25. The van der Waals surface area contributed by atoms with Crippen molar-refractivity contribution in [1.29, 1.82) is 0 Å². The van der Waals surface area contributed by atoms with Gasteiger partial charge in [0.25, 0.3) is 5.91 Å². The standard InChI is InChI=1S/C12H11N3O2/c1-17-9-4-2-8(3-5-9)10-11(12(13)16)15-7-6-14-10/h2-7H,1H3,(H2,13,16). The Labute approximate surface area is 98.3 Å². The second kappa shape index (κ2) is 4.61. The van der Waals surface area contributed by atoms with E-state index in [1.165, 1.54) is 12.4 Å². The highest BCUT2D eigenvalue weighted by molar-refractivity contribution is 5.96. The van der Waals surface area contributed by atoms with Crippen molar-refractivity contribution in [2.24, 2.45) is 5.73 Å². The van der Waals surface area contributed by atoms with Crippen LogP contribution in [0.5, 0.6) is 5.75 Å². The highest BCUT2D eigenvalue weighted by atomic mass is 16.5. The van der Waals surface area contributed by atoms with E-state index in [9.17, 15) is 4.79 Å². The summed E-state index contributed by atoms with van der Waals surface area (Å²) < 4.78 is 5.06. The van der Waals surface area contributed by atoms with Crippen LogP contribution in [0.3, 0.4) is 0 Å². The molecule has 2 N–H and O–H groups in total. The van der Waals surface area contributed by atoms with Crippen LogP contribution in [-0.4, -0.2) is 23.0 Å². The Hall–Kier alpha value is -2.43. The van der Waals surface area contributed by atoms with Crippen molar-refractivity contribution >= 4 is 5.91 Å². The molecule has 0 atom stereocenters. The number of ether oxygens (including phenoxy) is 1. The molecular weight excluding hydrogens is 218 g/mol. The van der Waals surface area contributed by atoms with Gasteiger partial charge in [-0.3, -0.25) is 9.78 Å². The number of benzene rings is 1. The summed E-state index contributed by atoms with van der Waals surface area (Å²) in [4.78, 5) is 19.3. The predicted octanol–water partition coefficient (Wildman–Crippen LogP) is 1.25. The summed E-state index contributed by atoms with van der Waals surface area (Å²) in [7, 11) is 1.59. The number of aromatic nitrogens is 2. The van der Waals surface area contributed by atoms with E-state index in [4.69, 9.17) is 10.5 Å². The molecule has 0 saturated carbocycles. The Bertz CT molecular complexity index is 538. The van der Waals surface area contributed by atoms with Crippen molar-refractivity contribution in [1.82, 2.24) is 9.97 Å². The molecule has 0 aliphatic rings. The number of hydrogen-bond acceptors (Lipinski definition) is 4. The number of methoxy groups -OCH3 is 1. The Kier molecular flexibility index (Phi) is 3.00. The normalized spacial score (nSPS) is 9.94. The van der Waals surface area contributed by atoms with Crippen LogP contribution in [0, 0.1) is 0 Å². The van der Waals surface area contributed by atoms with E-state index in [-0.39, 0.29) is 5.69 Å². The lowest BCUT2D eigenvalue weighted by Crippen LogP contribution is -2.15. The molecule has 17 heavy (non-hydrogen) atoms. The van der Waals surface area contributed by atoms with Gasteiger partial charge in [-0.05, 0) is 24.3 Å². The van der Waals surface area contributed by atoms with Gasteiger partial charge < -0.3 is 10.5 Å². The molecule has 1 amide bonds. The summed E-state index contributed by atoms with van der Waals surface area (Å²) in [5.41, 5.74) is 6.65. The molecule has 5 nitrogen and oxygen atoms in total. The van der Waals surface area contributed by atoms with Gasteiger partial charge in [-0.1, -0.05) is 0 Å². The fourth-order valence-electron chi connectivity index (χ4n) is 1.48. The molecule has 0 unspecified atom stereocenters. The monoisotopic (exact) mass is 229 g/mol. The number of amides is 1. The second-order valence-electron chi connectivity index (χ2n) is 3.35. The lowest BCUT2D eigenvalue weighted by atomic mass is 10.1. The highest BCUT2D eigenvalue weighted by Crippen LogP contribution is 2.22. The molecule has 1 aromatic carbocycles. The van der Waals surface area contributed by atoms with E-state index in [1.807, 2.05) is 0 Å². The zero-order chi connectivity index (χ0) is 12.3. The van der Waals surface area contributed by atoms with Crippen LogP contribution in [0.2, 0.25) is 0 Å². The Morgan fingerprint density at radius 1 is 1.18 bits per heavy atom. The molecule has 2 rings (SSSR count). The van der Waals surface area contributed by atoms with Gasteiger partial charge in [-0.2, -0.15) is 0 Å². The van der Waals surface area contributed by atoms with E-state index < -0.39 is 5.91 Å². The summed E-state index contributed by atoms with van der Waals surface area (Å²) in [6, 6.07) is 7.17. The third-order valence-electron chi connectivity index (χ3n) is 2.30. The number of nitrogens with two attached hydrogens (primary N) is 1. The first kappa shape index (κ1) is 11.1. The molecule has 0 aliphatic carbocycles. The molecule has 1 aromatic heterocycles. The van der Waals surface area contributed by atoms with Gasteiger partial charge in [0, 0.05) is 18.0 Å². The smallest absolute Gasteiger partial charge is 0.269 e. The quantitative estimate of drug-likeness (QED) is 0.859. The van der Waals surface area contributed by atoms with Crippen molar-refractivity contribution < 1.29 is 9.53 Å². The number of hydrogen-bond donors (Lipinski definition) is 1. The number of primary amides is 1. The predicted molar refractivity (Wildman–Crippen MR) is 62.5 cm³/mol. The van der Waals surface area contributed by atoms with Gasteiger partial charge in [0.15, 0.2) is 5.69 Å². The first-order valence-corrected chi connectivity index (χ1v) is 4.97. The van der Waals surface area contributed by atoms with Crippen molar-refractivity contribution in [2.45, 2.75) is 0 Å². The van der Waals surface area contributed by atoms with Crippen LogP contribution in [-0.2, 0) is 0 Å². The number of nitrogens with zero attached hydrogens (tertiary/aromatic N) is 2. The molecule has 5 heteroatoms. The molecule has 0 bridgehead atoms. The van der Waals surface area contributed by atoms with Crippen molar-refractivity contribution in [3.05, 3.63) is 42.4 Å². The Morgan fingerprint density at radius 2 is 1.82 bits per heavy atom. The van der Waals surface area contributed by atoms with Gasteiger partial charge in [0.05, 0.1) is 7.11 Å². The lowest BCUT2D eigenvalue weighted by molar-refractivity contribution is 0.0996. The SMILES string of the molecule is COc1ccc(-c2nccnc2C(N)=O)cc1. The van der Waals surface area contributed by atoms with Crippen molar-refractivity contribution in [3.8, 4) is 17.0 Å². The molecule has 86 valence electrons. The summed E-state index contributed by atoms with van der Waals surface area (Å²) >= 11 is 0. The van der Waals surface area contributed by atoms with Gasteiger partial charge in [-0.25, -0.2) is 4.98 Å². The molecule has 0 saturated heterocycles. The molecular formula is C12H11N3O2. The van der Waals surface area contributed by atoms with Crippen LogP contribution in [0.15, 0.2) is 36.7 Å². The third-order valence-corrected chi connectivity index (χ3v) is 2.30. The van der Waals surface area contributed by atoms with Crippen molar-refractivity contribution in [3.63, 3.8) is 0 Å². The molecule has 0 aliphatic heterocycles. The highest BCUT2D eigenvalue weighted by Gasteiger charge is 2.12. The molecule has 0 radical (unpaired) electrons. The maximum absolute atomic E-state index is 11.2. The lowest BCUT2D eigenvalue weighted by Gasteiger charge is -2.05. The van der Waals surface area contributed by atoms with Gasteiger partial charge in [0.2, 0.25) is 0 Å². The number of rotatable bonds is 3. The fraction of sp³-hybridized carbons (Fsp3) is 0.0833. The first-order chi connectivity index (χ1) is 8.22. The van der Waals surface area contributed by atoms with Crippen LogP contribution >= 0.6 is 0 Å². The van der Waals surface area contributed by atoms with Crippen LogP contribution in [0.25, 0.3) is 11.3 Å². The average molecular weight is 229 g/mol. The molecule has 2 aromatic rings. The largest absolute Gasteiger partial charge is 0.497 e. The minimum Gasteiger partial charge on any atom is -0.497 e. The van der Waals surface area contributed by atoms with E-state index in [0.717, 1.165) is 11.3 Å². The fourth-order valence-corrected chi connectivity index (χ4v) is 1.48. The molecule has 0 spiro atoms. The maximum Gasteiger partial charge on any atom is 0.269 e. The van der Waals surface area contributed by atoms with E-state index in [1.54, 1.807) is 31.4 Å².